The lowest BCUT2D eigenvalue weighted by Gasteiger charge is -2.07. The number of nitro groups is 1. The van der Waals surface area contributed by atoms with E-state index in [0.717, 1.165) is 6.20 Å². The summed E-state index contributed by atoms with van der Waals surface area (Å²) in [7, 11) is 0. The third kappa shape index (κ3) is 1.73. The summed E-state index contributed by atoms with van der Waals surface area (Å²) in [5, 5.41) is 10.3. The molecule has 14 heavy (non-hydrogen) atoms. The van der Waals surface area contributed by atoms with Crippen LogP contribution >= 0.6 is 0 Å². The zero-order chi connectivity index (χ0) is 10.9. The SMILES string of the molecule is Nc1cncc(C(F)(F)F)c1[N+](=O)[O-]. The molecule has 0 bridgehead atoms. The van der Waals surface area contributed by atoms with Crippen molar-refractivity contribution in [3.63, 3.8) is 0 Å². The van der Waals surface area contributed by atoms with E-state index in [-0.39, 0.29) is 0 Å². The molecule has 5 nitrogen and oxygen atoms in total. The number of hydrogen-bond acceptors (Lipinski definition) is 4. The monoisotopic (exact) mass is 207 g/mol. The van der Waals surface area contributed by atoms with Crippen LogP contribution < -0.4 is 5.73 Å². The van der Waals surface area contributed by atoms with Crippen molar-refractivity contribution >= 4 is 11.4 Å². The van der Waals surface area contributed by atoms with Crippen molar-refractivity contribution in [1.29, 1.82) is 0 Å². The van der Waals surface area contributed by atoms with Gasteiger partial charge in [-0.05, 0) is 0 Å². The van der Waals surface area contributed by atoms with Gasteiger partial charge in [-0.3, -0.25) is 15.1 Å². The summed E-state index contributed by atoms with van der Waals surface area (Å²) < 4.78 is 36.6. The number of nitrogens with zero attached hydrogens (tertiary/aromatic N) is 2. The number of pyridine rings is 1. The van der Waals surface area contributed by atoms with Gasteiger partial charge >= 0.3 is 11.9 Å². The van der Waals surface area contributed by atoms with Gasteiger partial charge in [0.2, 0.25) is 0 Å². The van der Waals surface area contributed by atoms with Gasteiger partial charge in [0.25, 0.3) is 0 Å². The normalized spacial score (nSPS) is 11.4. The molecule has 0 saturated carbocycles. The zero-order valence-corrected chi connectivity index (χ0v) is 6.58. The van der Waals surface area contributed by atoms with Gasteiger partial charge in [0, 0.05) is 6.20 Å². The molecule has 0 aromatic carbocycles. The second-order valence-electron chi connectivity index (χ2n) is 2.38. The van der Waals surface area contributed by atoms with Crippen LogP contribution in [-0.4, -0.2) is 9.91 Å². The van der Waals surface area contributed by atoms with Gasteiger partial charge < -0.3 is 5.73 Å². The Bertz CT molecular complexity index is 377. The van der Waals surface area contributed by atoms with Crippen LogP contribution in [-0.2, 0) is 6.18 Å². The minimum Gasteiger partial charge on any atom is -0.392 e. The smallest absolute Gasteiger partial charge is 0.392 e. The van der Waals surface area contributed by atoms with E-state index in [2.05, 4.69) is 4.98 Å². The standard InChI is InChI=1S/C6H4F3N3O2/c7-6(8,9)3-1-11-2-4(10)5(3)12(13)14/h1-2H,10H2. The Morgan fingerprint density at radius 1 is 1.43 bits per heavy atom. The number of alkyl halides is 3. The molecule has 0 aliphatic carbocycles. The van der Waals surface area contributed by atoms with Crippen LogP contribution in [0.25, 0.3) is 0 Å². The fraction of sp³-hybridized carbons (Fsp3) is 0.167. The molecule has 0 aliphatic rings. The van der Waals surface area contributed by atoms with E-state index in [1.54, 1.807) is 0 Å². The molecule has 0 amide bonds. The molecule has 8 heteroatoms. The van der Waals surface area contributed by atoms with Crippen LogP contribution in [0.5, 0.6) is 0 Å². The van der Waals surface area contributed by atoms with Gasteiger partial charge in [-0.25, -0.2) is 0 Å². The summed E-state index contributed by atoms with van der Waals surface area (Å²) in [6.45, 7) is 0. The number of anilines is 1. The Hall–Kier alpha value is -1.86. The first-order chi connectivity index (χ1) is 6.34. The summed E-state index contributed by atoms with van der Waals surface area (Å²) in [5.41, 5.74) is 1.81. The fourth-order valence-electron chi connectivity index (χ4n) is 0.881. The van der Waals surface area contributed by atoms with Crippen molar-refractivity contribution in [2.24, 2.45) is 0 Å². The maximum atomic E-state index is 12.2. The van der Waals surface area contributed by atoms with E-state index < -0.39 is 28.0 Å². The molecule has 0 saturated heterocycles. The molecule has 0 spiro atoms. The van der Waals surface area contributed by atoms with Gasteiger partial charge in [-0.15, -0.1) is 0 Å². The first-order valence-electron chi connectivity index (χ1n) is 3.29. The van der Waals surface area contributed by atoms with E-state index >= 15 is 0 Å². The van der Waals surface area contributed by atoms with Crippen LogP contribution in [0, 0.1) is 10.1 Å². The molecule has 2 N–H and O–H groups in total. The second kappa shape index (κ2) is 3.13. The van der Waals surface area contributed by atoms with E-state index in [4.69, 9.17) is 5.73 Å². The summed E-state index contributed by atoms with van der Waals surface area (Å²) >= 11 is 0. The first kappa shape index (κ1) is 10.2. The van der Waals surface area contributed by atoms with Crippen molar-refractivity contribution in [1.82, 2.24) is 4.98 Å². The number of nitrogens with two attached hydrogens (primary N) is 1. The number of aromatic nitrogens is 1. The molecule has 1 heterocycles. The summed E-state index contributed by atoms with van der Waals surface area (Å²) in [6, 6.07) is 0. The maximum absolute atomic E-state index is 12.2. The minimum absolute atomic E-state index is 0.370. The van der Waals surface area contributed by atoms with E-state index in [0.29, 0.717) is 6.20 Å². The first-order valence-corrected chi connectivity index (χ1v) is 3.29. The molecule has 0 fully saturated rings. The quantitative estimate of drug-likeness (QED) is 0.559. The lowest BCUT2D eigenvalue weighted by molar-refractivity contribution is -0.387. The lowest BCUT2D eigenvalue weighted by atomic mass is 10.2. The fourth-order valence-corrected chi connectivity index (χ4v) is 0.881. The van der Waals surface area contributed by atoms with Crippen LogP contribution in [0.3, 0.4) is 0 Å². The van der Waals surface area contributed by atoms with Gasteiger partial charge in [0.15, 0.2) is 5.56 Å². The molecule has 0 unspecified atom stereocenters. The molecular formula is C6H4F3N3O2. The zero-order valence-electron chi connectivity index (χ0n) is 6.58. The topological polar surface area (TPSA) is 82.0 Å². The molecule has 1 rings (SSSR count). The van der Waals surface area contributed by atoms with Gasteiger partial charge in [0.05, 0.1) is 11.1 Å². The Morgan fingerprint density at radius 2 is 2.00 bits per heavy atom. The highest BCUT2D eigenvalue weighted by Gasteiger charge is 2.39. The number of halogens is 3. The largest absolute Gasteiger partial charge is 0.424 e. The molecule has 1 aromatic heterocycles. The average Bonchev–Trinajstić information content (AvgIpc) is 2.01. The molecule has 1 aromatic rings. The van der Waals surface area contributed by atoms with Crippen LogP contribution in [0.15, 0.2) is 12.4 Å². The minimum atomic E-state index is -4.83. The Kier molecular flexibility index (Phi) is 2.28. The maximum Gasteiger partial charge on any atom is 0.424 e. The highest BCUT2D eigenvalue weighted by molar-refractivity contribution is 5.61. The Morgan fingerprint density at radius 3 is 2.36 bits per heavy atom. The van der Waals surface area contributed by atoms with Crippen LogP contribution in [0.4, 0.5) is 24.5 Å². The molecule has 0 aliphatic heterocycles. The predicted octanol–water partition coefficient (Wildman–Crippen LogP) is 1.59. The van der Waals surface area contributed by atoms with E-state index in [9.17, 15) is 23.3 Å². The third-order valence-corrected chi connectivity index (χ3v) is 1.43. The van der Waals surface area contributed by atoms with Crippen LogP contribution in [0.2, 0.25) is 0 Å². The highest BCUT2D eigenvalue weighted by atomic mass is 19.4. The Labute approximate surface area is 75.5 Å². The average molecular weight is 207 g/mol. The highest BCUT2D eigenvalue weighted by Crippen LogP contribution is 2.37. The van der Waals surface area contributed by atoms with Crippen molar-refractivity contribution in [2.75, 3.05) is 5.73 Å². The second-order valence-corrected chi connectivity index (χ2v) is 2.38. The number of nitrogen functional groups attached to an aromatic ring is 1. The van der Waals surface area contributed by atoms with Crippen molar-refractivity contribution in [3.8, 4) is 0 Å². The molecule has 0 radical (unpaired) electrons. The molecule has 76 valence electrons. The molecular weight excluding hydrogens is 203 g/mol. The predicted molar refractivity (Wildman–Crippen MR) is 40.3 cm³/mol. The third-order valence-electron chi connectivity index (χ3n) is 1.43. The van der Waals surface area contributed by atoms with Crippen molar-refractivity contribution in [2.45, 2.75) is 6.18 Å². The number of rotatable bonds is 1. The summed E-state index contributed by atoms with van der Waals surface area (Å²) in [6.07, 6.45) is -3.66. The lowest BCUT2D eigenvalue weighted by Crippen LogP contribution is -2.11. The van der Waals surface area contributed by atoms with Gasteiger partial charge in [-0.2, -0.15) is 13.2 Å². The Balaban J connectivity index is 3.44. The van der Waals surface area contributed by atoms with Crippen molar-refractivity contribution < 1.29 is 18.1 Å². The summed E-state index contributed by atoms with van der Waals surface area (Å²) in [4.78, 5) is 12.3. The van der Waals surface area contributed by atoms with Crippen molar-refractivity contribution in [3.05, 3.63) is 28.1 Å². The van der Waals surface area contributed by atoms with E-state index in [1.807, 2.05) is 0 Å². The van der Waals surface area contributed by atoms with Gasteiger partial charge in [0.1, 0.15) is 5.69 Å². The van der Waals surface area contributed by atoms with Gasteiger partial charge in [-0.1, -0.05) is 0 Å². The molecule has 0 atom stereocenters. The summed E-state index contributed by atoms with van der Waals surface area (Å²) in [5.74, 6) is 0. The van der Waals surface area contributed by atoms with Crippen LogP contribution in [0.1, 0.15) is 5.56 Å². The number of hydrogen-bond donors (Lipinski definition) is 1. The van der Waals surface area contributed by atoms with E-state index in [1.165, 1.54) is 0 Å².